The second kappa shape index (κ2) is 7.20. The first kappa shape index (κ1) is 15.6. The van der Waals surface area contributed by atoms with Crippen molar-refractivity contribution in [2.75, 3.05) is 26.8 Å². The fourth-order valence-corrected chi connectivity index (χ4v) is 1.59. The van der Waals surface area contributed by atoms with Crippen molar-refractivity contribution in [3.05, 3.63) is 11.9 Å². The van der Waals surface area contributed by atoms with Crippen LogP contribution in [-0.4, -0.2) is 52.9 Å². The molecule has 1 aromatic rings. The van der Waals surface area contributed by atoms with Gasteiger partial charge < -0.3 is 15.2 Å². The van der Waals surface area contributed by atoms with Crippen molar-refractivity contribution < 1.29 is 14.6 Å². The number of nitrogens with one attached hydrogen (secondary N) is 1. The molecule has 1 heterocycles. The fraction of sp³-hybridized carbons (Fsp3) is 0.750. The molecule has 0 aliphatic heterocycles. The number of carbonyl (C=O) groups is 1. The van der Waals surface area contributed by atoms with E-state index in [0.717, 1.165) is 26.1 Å². The Morgan fingerprint density at radius 1 is 1.58 bits per heavy atom. The first-order chi connectivity index (χ1) is 8.94. The maximum atomic E-state index is 10.6. The van der Waals surface area contributed by atoms with Crippen molar-refractivity contribution in [2.45, 2.75) is 26.8 Å². The van der Waals surface area contributed by atoms with E-state index in [2.05, 4.69) is 29.5 Å². The Balaban J connectivity index is 2.24. The van der Waals surface area contributed by atoms with Crippen LogP contribution in [0.1, 0.15) is 30.8 Å². The van der Waals surface area contributed by atoms with Gasteiger partial charge in [-0.15, -0.1) is 5.10 Å². The number of ether oxygens (including phenoxy) is 1. The van der Waals surface area contributed by atoms with Crippen molar-refractivity contribution in [3.8, 4) is 0 Å². The molecule has 1 aromatic heterocycles. The van der Waals surface area contributed by atoms with Crippen LogP contribution in [0.3, 0.4) is 0 Å². The molecule has 2 N–H and O–H groups in total. The Bertz CT molecular complexity index is 403. The van der Waals surface area contributed by atoms with Crippen LogP contribution >= 0.6 is 0 Å². The molecule has 7 nitrogen and oxygen atoms in total. The molecule has 0 aliphatic rings. The number of hydrogen-bond acceptors (Lipinski definition) is 5. The van der Waals surface area contributed by atoms with Gasteiger partial charge in [0.25, 0.3) is 0 Å². The van der Waals surface area contributed by atoms with Crippen molar-refractivity contribution in [1.29, 1.82) is 0 Å². The molecule has 0 bridgehead atoms. The zero-order valence-electron chi connectivity index (χ0n) is 11.7. The molecular formula is C12H22N4O3. The van der Waals surface area contributed by atoms with Crippen LogP contribution in [0.4, 0.5) is 0 Å². The van der Waals surface area contributed by atoms with Gasteiger partial charge in [-0.2, -0.15) is 0 Å². The van der Waals surface area contributed by atoms with E-state index >= 15 is 0 Å². The first-order valence-corrected chi connectivity index (χ1v) is 6.28. The number of nitrogens with zero attached hydrogens (tertiary/aromatic N) is 3. The predicted molar refractivity (Wildman–Crippen MR) is 70.1 cm³/mol. The minimum Gasteiger partial charge on any atom is -0.476 e. The van der Waals surface area contributed by atoms with Gasteiger partial charge in [-0.25, -0.2) is 4.79 Å². The lowest BCUT2D eigenvalue weighted by molar-refractivity contribution is 0.0690. The quantitative estimate of drug-likeness (QED) is 0.640. The first-order valence-electron chi connectivity index (χ1n) is 6.28. The molecule has 0 saturated carbocycles. The SMILES string of the molecule is COCCC(C)(C)CNCCn1cc(C(=O)O)nn1. The van der Waals surface area contributed by atoms with Gasteiger partial charge >= 0.3 is 5.97 Å². The Labute approximate surface area is 112 Å². The highest BCUT2D eigenvalue weighted by molar-refractivity contribution is 5.84. The summed E-state index contributed by atoms with van der Waals surface area (Å²) < 4.78 is 6.60. The Morgan fingerprint density at radius 3 is 2.89 bits per heavy atom. The van der Waals surface area contributed by atoms with E-state index in [9.17, 15) is 4.79 Å². The van der Waals surface area contributed by atoms with E-state index < -0.39 is 5.97 Å². The Morgan fingerprint density at radius 2 is 2.32 bits per heavy atom. The normalized spacial score (nSPS) is 11.7. The number of carboxylic acid groups (broad SMARTS) is 1. The fourth-order valence-electron chi connectivity index (χ4n) is 1.59. The Kier molecular flexibility index (Phi) is 5.91. The van der Waals surface area contributed by atoms with E-state index in [1.807, 2.05) is 0 Å². The van der Waals surface area contributed by atoms with Crippen molar-refractivity contribution >= 4 is 5.97 Å². The van der Waals surface area contributed by atoms with Gasteiger partial charge in [0, 0.05) is 26.8 Å². The smallest absolute Gasteiger partial charge is 0.358 e. The molecule has 108 valence electrons. The summed E-state index contributed by atoms with van der Waals surface area (Å²) >= 11 is 0. The summed E-state index contributed by atoms with van der Waals surface area (Å²) in [6, 6.07) is 0. The van der Waals surface area contributed by atoms with Crippen LogP contribution in [0.15, 0.2) is 6.20 Å². The summed E-state index contributed by atoms with van der Waals surface area (Å²) in [5, 5.41) is 19.3. The third kappa shape index (κ3) is 5.80. The summed E-state index contributed by atoms with van der Waals surface area (Å²) in [4.78, 5) is 10.6. The minimum absolute atomic E-state index is 0.0274. The van der Waals surface area contributed by atoms with Gasteiger partial charge in [0.1, 0.15) is 0 Å². The second-order valence-electron chi connectivity index (χ2n) is 5.26. The maximum Gasteiger partial charge on any atom is 0.358 e. The van der Waals surface area contributed by atoms with Crippen molar-refractivity contribution in [1.82, 2.24) is 20.3 Å². The van der Waals surface area contributed by atoms with E-state index in [1.54, 1.807) is 7.11 Å². The maximum absolute atomic E-state index is 10.6. The van der Waals surface area contributed by atoms with Gasteiger partial charge in [0.05, 0.1) is 12.7 Å². The molecule has 0 aromatic carbocycles. The second-order valence-corrected chi connectivity index (χ2v) is 5.26. The van der Waals surface area contributed by atoms with Crippen LogP contribution in [0.2, 0.25) is 0 Å². The molecule has 19 heavy (non-hydrogen) atoms. The lowest BCUT2D eigenvalue weighted by atomic mass is 9.90. The van der Waals surface area contributed by atoms with E-state index in [0.29, 0.717) is 6.54 Å². The van der Waals surface area contributed by atoms with Gasteiger partial charge in [-0.3, -0.25) is 4.68 Å². The number of methoxy groups -OCH3 is 1. The monoisotopic (exact) mass is 270 g/mol. The van der Waals surface area contributed by atoms with Gasteiger partial charge in [-0.1, -0.05) is 19.1 Å². The molecule has 0 aliphatic carbocycles. The summed E-state index contributed by atoms with van der Waals surface area (Å²) in [5.41, 5.74) is 0.144. The highest BCUT2D eigenvalue weighted by Crippen LogP contribution is 2.18. The molecule has 0 radical (unpaired) electrons. The molecule has 7 heteroatoms. The number of carboxylic acids is 1. The molecule has 0 atom stereocenters. The van der Waals surface area contributed by atoms with Crippen molar-refractivity contribution in [3.63, 3.8) is 0 Å². The third-order valence-corrected chi connectivity index (χ3v) is 2.86. The van der Waals surface area contributed by atoms with Crippen LogP contribution in [0.5, 0.6) is 0 Å². The van der Waals surface area contributed by atoms with Gasteiger partial charge in [0.15, 0.2) is 5.69 Å². The molecule has 0 unspecified atom stereocenters. The molecule has 1 rings (SSSR count). The Hall–Kier alpha value is -1.47. The lowest BCUT2D eigenvalue weighted by Gasteiger charge is -2.24. The van der Waals surface area contributed by atoms with E-state index in [4.69, 9.17) is 9.84 Å². The molecule has 0 saturated heterocycles. The molecule has 0 amide bonds. The van der Waals surface area contributed by atoms with Crippen LogP contribution in [0.25, 0.3) is 0 Å². The van der Waals surface area contributed by atoms with Gasteiger partial charge in [-0.05, 0) is 11.8 Å². The van der Waals surface area contributed by atoms with Crippen LogP contribution in [0, 0.1) is 5.41 Å². The third-order valence-electron chi connectivity index (χ3n) is 2.86. The zero-order chi connectivity index (χ0) is 14.3. The number of hydrogen-bond donors (Lipinski definition) is 2. The standard InChI is InChI=1S/C12H22N4O3/c1-12(2,4-7-19-3)9-13-5-6-16-8-10(11(17)18)14-15-16/h8,13H,4-7,9H2,1-3H3,(H,17,18). The van der Waals surface area contributed by atoms with E-state index in [1.165, 1.54) is 10.9 Å². The predicted octanol–water partition coefficient (Wildman–Crippen LogP) is 0.629. The summed E-state index contributed by atoms with van der Waals surface area (Å²) in [6.07, 6.45) is 2.42. The largest absolute Gasteiger partial charge is 0.476 e. The topological polar surface area (TPSA) is 89.3 Å². The lowest BCUT2D eigenvalue weighted by Crippen LogP contribution is -2.32. The van der Waals surface area contributed by atoms with Crippen LogP contribution < -0.4 is 5.32 Å². The summed E-state index contributed by atoms with van der Waals surface area (Å²) in [6.45, 7) is 7.30. The number of rotatable bonds is 9. The summed E-state index contributed by atoms with van der Waals surface area (Å²) in [7, 11) is 1.70. The number of aromatic nitrogens is 3. The average molecular weight is 270 g/mol. The molecule has 0 fully saturated rings. The van der Waals surface area contributed by atoms with E-state index in [-0.39, 0.29) is 11.1 Å². The zero-order valence-corrected chi connectivity index (χ0v) is 11.7. The molecule has 0 spiro atoms. The van der Waals surface area contributed by atoms with Gasteiger partial charge in [0.2, 0.25) is 0 Å². The highest BCUT2D eigenvalue weighted by Gasteiger charge is 2.16. The van der Waals surface area contributed by atoms with Crippen molar-refractivity contribution in [2.24, 2.45) is 5.41 Å². The average Bonchev–Trinajstić information content (AvgIpc) is 2.81. The highest BCUT2D eigenvalue weighted by atomic mass is 16.5. The number of aromatic carboxylic acids is 1. The minimum atomic E-state index is -1.06. The summed E-state index contributed by atoms with van der Waals surface area (Å²) in [5.74, 6) is -1.06. The van der Waals surface area contributed by atoms with Crippen LogP contribution in [-0.2, 0) is 11.3 Å². The molecular weight excluding hydrogens is 248 g/mol.